The molecule has 28 heavy (non-hydrogen) atoms. The Morgan fingerprint density at radius 3 is 2.21 bits per heavy atom. The topological polar surface area (TPSA) is 66.4 Å². The van der Waals surface area contributed by atoms with Crippen LogP contribution in [0.1, 0.15) is 48.4 Å². The third kappa shape index (κ3) is 4.46. The van der Waals surface area contributed by atoms with E-state index in [0.717, 1.165) is 16.3 Å². The molecule has 0 saturated carbocycles. The molecule has 4 heteroatoms. The molecule has 0 aliphatic heterocycles. The summed E-state index contributed by atoms with van der Waals surface area (Å²) in [5, 5.41) is 15.0. The summed E-state index contributed by atoms with van der Waals surface area (Å²) in [6.07, 6.45) is -0.885. The molecule has 2 N–H and O–H groups in total. The molecular formula is C24H25NO3. The maximum Gasteiger partial charge on any atom is 0.292 e. The first-order chi connectivity index (χ1) is 13.3. The van der Waals surface area contributed by atoms with Gasteiger partial charge in [-0.15, -0.1) is 0 Å². The fourth-order valence-corrected chi connectivity index (χ4v) is 3.06. The Labute approximate surface area is 165 Å². The SMILES string of the molecule is CC(C)(C)c1ccc(C(=O)C(=O)NCC(O)c2ccc3ccccc3c2)cc1. The predicted molar refractivity (Wildman–Crippen MR) is 111 cm³/mol. The summed E-state index contributed by atoms with van der Waals surface area (Å²) in [6.45, 7) is 6.24. The van der Waals surface area contributed by atoms with E-state index in [-0.39, 0.29) is 12.0 Å². The number of carbonyl (C=O) groups is 2. The number of hydrogen-bond acceptors (Lipinski definition) is 3. The smallest absolute Gasteiger partial charge is 0.292 e. The molecule has 0 bridgehead atoms. The highest BCUT2D eigenvalue weighted by atomic mass is 16.3. The molecule has 0 spiro atoms. The summed E-state index contributed by atoms with van der Waals surface area (Å²) < 4.78 is 0. The van der Waals surface area contributed by atoms with Crippen LogP contribution in [-0.2, 0) is 10.2 Å². The Morgan fingerprint density at radius 1 is 0.929 bits per heavy atom. The lowest BCUT2D eigenvalue weighted by atomic mass is 9.86. The molecule has 3 aromatic carbocycles. The Balaban J connectivity index is 1.63. The number of nitrogens with one attached hydrogen (secondary N) is 1. The molecule has 144 valence electrons. The van der Waals surface area contributed by atoms with Gasteiger partial charge in [0.1, 0.15) is 0 Å². The maximum absolute atomic E-state index is 12.3. The minimum atomic E-state index is -0.885. The molecule has 3 rings (SSSR count). The molecule has 0 saturated heterocycles. The highest BCUT2D eigenvalue weighted by molar-refractivity contribution is 6.42. The minimum absolute atomic E-state index is 0.0200. The van der Waals surface area contributed by atoms with Crippen molar-refractivity contribution >= 4 is 22.5 Å². The van der Waals surface area contributed by atoms with Crippen LogP contribution in [0.4, 0.5) is 0 Å². The average Bonchev–Trinajstić information content (AvgIpc) is 2.70. The first-order valence-corrected chi connectivity index (χ1v) is 9.35. The lowest BCUT2D eigenvalue weighted by Gasteiger charge is -2.19. The number of Topliss-reactive ketones (excluding diaryl/α,β-unsaturated/α-hetero) is 1. The molecule has 0 aliphatic carbocycles. The van der Waals surface area contributed by atoms with Crippen molar-refractivity contribution in [3.05, 3.63) is 83.4 Å². The third-order valence-electron chi connectivity index (χ3n) is 4.83. The quantitative estimate of drug-likeness (QED) is 0.520. The van der Waals surface area contributed by atoms with E-state index < -0.39 is 17.8 Å². The number of benzene rings is 3. The number of carbonyl (C=O) groups excluding carboxylic acids is 2. The maximum atomic E-state index is 12.3. The summed E-state index contributed by atoms with van der Waals surface area (Å²) in [6, 6.07) is 20.6. The van der Waals surface area contributed by atoms with Gasteiger partial charge < -0.3 is 10.4 Å². The number of fused-ring (bicyclic) bond motifs is 1. The molecule has 0 aliphatic rings. The molecule has 1 atom stereocenters. The van der Waals surface area contributed by atoms with Crippen molar-refractivity contribution in [2.45, 2.75) is 32.3 Å². The second kappa shape index (κ2) is 7.95. The summed E-state index contributed by atoms with van der Waals surface area (Å²) in [4.78, 5) is 24.5. The van der Waals surface area contributed by atoms with Crippen molar-refractivity contribution in [3.8, 4) is 0 Å². The van der Waals surface area contributed by atoms with Gasteiger partial charge >= 0.3 is 0 Å². The van der Waals surface area contributed by atoms with E-state index in [0.29, 0.717) is 11.1 Å². The fraction of sp³-hybridized carbons (Fsp3) is 0.250. The van der Waals surface area contributed by atoms with Crippen molar-refractivity contribution in [3.63, 3.8) is 0 Å². The Hall–Kier alpha value is -2.98. The van der Waals surface area contributed by atoms with Crippen molar-refractivity contribution < 1.29 is 14.7 Å². The number of amides is 1. The van der Waals surface area contributed by atoms with Crippen LogP contribution in [0.5, 0.6) is 0 Å². The van der Waals surface area contributed by atoms with E-state index in [1.807, 2.05) is 54.6 Å². The molecule has 1 unspecified atom stereocenters. The lowest BCUT2D eigenvalue weighted by Crippen LogP contribution is -2.34. The van der Waals surface area contributed by atoms with Crippen LogP contribution in [0.25, 0.3) is 10.8 Å². The van der Waals surface area contributed by atoms with Crippen LogP contribution in [0.15, 0.2) is 66.7 Å². The van der Waals surface area contributed by atoms with Gasteiger partial charge in [-0.05, 0) is 33.4 Å². The molecule has 3 aromatic rings. The van der Waals surface area contributed by atoms with Gasteiger partial charge in [0, 0.05) is 12.1 Å². The highest BCUT2D eigenvalue weighted by Crippen LogP contribution is 2.22. The summed E-state index contributed by atoms with van der Waals surface area (Å²) in [7, 11) is 0. The largest absolute Gasteiger partial charge is 0.387 e. The number of hydrogen-bond donors (Lipinski definition) is 2. The van der Waals surface area contributed by atoms with Crippen LogP contribution in [0.2, 0.25) is 0 Å². The number of rotatable bonds is 5. The Kier molecular flexibility index (Phi) is 5.61. The van der Waals surface area contributed by atoms with Crippen LogP contribution in [-0.4, -0.2) is 23.3 Å². The number of aliphatic hydroxyl groups is 1. The normalized spacial score (nSPS) is 12.6. The lowest BCUT2D eigenvalue weighted by molar-refractivity contribution is -0.117. The minimum Gasteiger partial charge on any atom is -0.387 e. The molecule has 4 nitrogen and oxygen atoms in total. The van der Waals surface area contributed by atoms with E-state index >= 15 is 0 Å². The highest BCUT2D eigenvalue weighted by Gasteiger charge is 2.19. The summed E-state index contributed by atoms with van der Waals surface area (Å²) in [5.74, 6) is -1.32. The molecule has 0 aromatic heterocycles. The van der Waals surface area contributed by atoms with Gasteiger partial charge in [0.2, 0.25) is 5.78 Å². The molecule has 0 heterocycles. The van der Waals surface area contributed by atoms with Crippen LogP contribution < -0.4 is 5.32 Å². The fourth-order valence-electron chi connectivity index (χ4n) is 3.06. The van der Waals surface area contributed by atoms with Crippen molar-refractivity contribution in [2.75, 3.05) is 6.54 Å². The Morgan fingerprint density at radius 2 is 1.57 bits per heavy atom. The number of ketones is 1. The molecular weight excluding hydrogens is 350 g/mol. The number of aliphatic hydroxyl groups excluding tert-OH is 1. The zero-order valence-corrected chi connectivity index (χ0v) is 16.4. The Bertz CT molecular complexity index is 1000. The first kappa shape index (κ1) is 19.8. The van der Waals surface area contributed by atoms with E-state index in [2.05, 4.69) is 26.1 Å². The van der Waals surface area contributed by atoms with Gasteiger partial charge in [-0.1, -0.05) is 81.4 Å². The van der Waals surface area contributed by atoms with Crippen LogP contribution >= 0.6 is 0 Å². The standard InChI is InChI=1S/C24H25NO3/c1-24(2,3)20-12-10-17(11-13-20)22(27)23(28)25-15-21(26)19-9-8-16-6-4-5-7-18(16)14-19/h4-14,21,26H,15H2,1-3H3,(H,25,28). The second-order valence-corrected chi connectivity index (χ2v) is 7.99. The van der Waals surface area contributed by atoms with Crippen LogP contribution in [0.3, 0.4) is 0 Å². The monoisotopic (exact) mass is 375 g/mol. The van der Waals surface area contributed by atoms with E-state index in [1.165, 1.54) is 0 Å². The van der Waals surface area contributed by atoms with Gasteiger partial charge in [-0.2, -0.15) is 0 Å². The van der Waals surface area contributed by atoms with Gasteiger partial charge in [0.25, 0.3) is 5.91 Å². The first-order valence-electron chi connectivity index (χ1n) is 9.35. The van der Waals surface area contributed by atoms with E-state index in [4.69, 9.17) is 0 Å². The molecule has 0 radical (unpaired) electrons. The van der Waals surface area contributed by atoms with Gasteiger partial charge in [0.15, 0.2) is 0 Å². The van der Waals surface area contributed by atoms with E-state index in [9.17, 15) is 14.7 Å². The average molecular weight is 375 g/mol. The second-order valence-electron chi connectivity index (χ2n) is 7.99. The van der Waals surface area contributed by atoms with Crippen LogP contribution in [0, 0.1) is 0 Å². The summed E-state index contributed by atoms with van der Waals surface area (Å²) in [5.41, 5.74) is 2.11. The third-order valence-corrected chi connectivity index (χ3v) is 4.83. The van der Waals surface area contributed by atoms with Gasteiger partial charge in [-0.25, -0.2) is 0 Å². The van der Waals surface area contributed by atoms with Gasteiger partial charge in [-0.3, -0.25) is 9.59 Å². The predicted octanol–water partition coefficient (Wildman–Crippen LogP) is 4.17. The zero-order chi connectivity index (χ0) is 20.3. The van der Waals surface area contributed by atoms with Crippen molar-refractivity contribution in [2.24, 2.45) is 0 Å². The van der Waals surface area contributed by atoms with Crippen molar-refractivity contribution in [1.82, 2.24) is 5.32 Å². The van der Waals surface area contributed by atoms with E-state index in [1.54, 1.807) is 12.1 Å². The molecule has 1 amide bonds. The van der Waals surface area contributed by atoms with Gasteiger partial charge in [0.05, 0.1) is 6.10 Å². The zero-order valence-electron chi connectivity index (χ0n) is 16.4. The summed E-state index contributed by atoms with van der Waals surface area (Å²) >= 11 is 0. The van der Waals surface area contributed by atoms with Crippen molar-refractivity contribution in [1.29, 1.82) is 0 Å². The molecule has 0 fully saturated rings.